The Labute approximate surface area is 474 Å². The molecule has 386 valence electrons. The van der Waals surface area contributed by atoms with Crippen molar-refractivity contribution in [2.45, 2.75) is 0 Å². The highest BCUT2D eigenvalue weighted by atomic mass is 15.2. The molecule has 0 atom stereocenters. The van der Waals surface area contributed by atoms with Crippen LogP contribution in [0.1, 0.15) is 0 Å². The average Bonchev–Trinajstić information content (AvgIpc) is 1.66. The van der Waals surface area contributed by atoms with E-state index in [1.54, 1.807) is 0 Å². The molecule has 6 heterocycles. The highest BCUT2D eigenvalue weighted by molar-refractivity contribution is 6.40. The van der Waals surface area contributed by atoms with Gasteiger partial charge in [0.25, 0.3) is 0 Å². The molecule has 0 fully saturated rings. The highest BCUT2D eigenvalue weighted by Crippen LogP contribution is 2.51. The van der Waals surface area contributed by atoms with Crippen molar-refractivity contribution in [3.8, 4) is 51.5 Å². The molecule has 0 aliphatic rings. The van der Waals surface area contributed by atoms with Gasteiger partial charge in [-0.3, -0.25) is 4.57 Å². The molecule has 0 bridgehead atoms. The summed E-state index contributed by atoms with van der Waals surface area (Å²) in [6.07, 6.45) is 0. The van der Waals surface area contributed by atoms with Gasteiger partial charge in [-0.05, 0) is 84.9 Å². The minimum Gasteiger partial charge on any atom is -0.308 e. The molecule has 0 saturated carbocycles. The van der Waals surface area contributed by atoms with Crippen molar-refractivity contribution in [1.82, 2.24) is 37.8 Å². The first-order valence-corrected chi connectivity index (χ1v) is 28.2. The van der Waals surface area contributed by atoms with Crippen LogP contribution in [0.5, 0.6) is 0 Å². The summed E-state index contributed by atoms with van der Waals surface area (Å²) in [7, 11) is 0. The monoisotopic (exact) mass is 1060 g/mol. The molecule has 8 heteroatoms. The minimum absolute atomic E-state index is 0.543. The summed E-state index contributed by atoms with van der Waals surface area (Å²) >= 11 is 0. The third-order valence-electron chi connectivity index (χ3n) is 17.1. The number of fused-ring (bicyclic) bond motifs is 18. The zero-order valence-electron chi connectivity index (χ0n) is 44.6. The molecular weight excluding hydrogens is 1010 g/mol. The van der Waals surface area contributed by atoms with E-state index in [4.69, 9.17) is 15.0 Å². The third-order valence-corrected chi connectivity index (χ3v) is 17.1. The van der Waals surface area contributed by atoms with E-state index in [0.717, 1.165) is 116 Å². The first-order valence-electron chi connectivity index (χ1n) is 28.2. The van der Waals surface area contributed by atoms with E-state index in [1.165, 1.54) is 26.9 Å². The van der Waals surface area contributed by atoms with Crippen LogP contribution in [0.2, 0.25) is 0 Å². The van der Waals surface area contributed by atoms with Crippen LogP contribution in [-0.2, 0) is 0 Å². The maximum Gasteiger partial charge on any atom is 0.238 e. The zero-order valence-corrected chi connectivity index (χ0v) is 44.6. The summed E-state index contributed by atoms with van der Waals surface area (Å²) in [5, 5.41) is 11.7. The zero-order chi connectivity index (χ0) is 54.3. The van der Waals surface area contributed by atoms with Crippen molar-refractivity contribution in [3.63, 3.8) is 0 Å². The largest absolute Gasteiger partial charge is 0.308 e. The molecule has 0 amide bonds. The predicted molar refractivity (Wildman–Crippen MR) is 342 cm³/mol. The smallest absolute Gasteiger partial charge is 0.238 e. The molecule has 8 nitrogen and oxygen atoms in total. The Balaban J connectivity index is 1.02. The lowest BCUT2D eigenvalue weighted by atomic mass is 10.0. The van der Waals surface area contributed by atoms with Crippen LogP contribution in [0.3, 0.4) is 0 Å². The molecule has 6 aromatic heterocycles. The Hall–Kier alpha value is -11.4. The quantitative estimate of drug-likeness (QED) is 0.160. The lowest BCUT2D eigenvalue weighted by Crippen LogP contribution is -2.08. The molecule has 18 aromatic rings. The molecule has 83 heavy (non-hydrogen) atoms. The second-order valence-electron chi connectivity index (χ2n) is 21.5. The molecule has 0 aliphatic carbocycles. The second kappa shape index (κ2) is 17.6. The maximum atomic E-state index is 5.61. The number of hydrogen-bond donors (Lipinski definition) is 0. The summed E-state index contributed by atoms with van der Waals surface area (Å²) in [6.45, 7) is 0. The van der Waals surface area contributed by atoms with Crippen molar-refractivity contribution in [2.75, 3.05) is 0 Å². The van der Waals surface area contributed by atoms with E-state index in [-0.39, 0.29) is 0 Å². The van der Waals surface area contributed by atoms with Crippen LogP contribution in [0, 0.1) is 0 Å². The van der Waals surface area contributed by atoms with E-state index in [2.05, 4.69) is 284 Å². The Bertz CT molecular complexity index is 5510. The van der Waals surface area contributed by atoms with Gasteiger partial charge in [0, 0.05) is 82.1 Å². The molecular formula is C75H46N8. The van der Waals surface area contributed by atoms with Crippen molar-refractivity contribution in [1.29, 1.82) is 0 Å². The van der Waals surface area contributed by atoms with Crippen molar-refractivity contribution in [2.24, 2.45) is 0 Å². The van der Waals surface area contributed by atoms with Crippen molar-refractivity contribution in [3.05, 3.63) is 279 Å². The van der Waals surface area contributed by atoms with Gasteiger partial charge in [0.2, 0.25) is 5.95 Å². The number of para-hydroxylation sites is 9. The lowest BCUT2D eigenvalue weighted by Gasteiger charge is -2.18. The summed E-state index contributed by atoms with van der Waals surface area (Å²) in [4.78, 5) is 16.5. The van der Waals surface area contributed by atoms with Crippen LogP contribution in [0.15, 0.2) is 279 Å². The molecule has 0 unspecified atom stereocenters. The Morgan fingerprint density at radius 1 is 0.229 bits per heavy atom. The maximum absolute atomic E-state index is 5.61. The van der Waals surface area contributed by atoms with Gasteiger partial charge in [-0.25, -0.2) is 4.98 Å². The fourth-order valence-electron chi connectivity index (χ4n) is 13.8. The van der Waals surface area contributed by atoms with Gasteiger partial charge in [-0.2, -0.15) is 9.97 Å². The topological polar surface area (TPSA) is 63.3 Å². The van der Waals surface area contributed by atoms with Crippen LogP contribution in [0.4, 0.5) is 0 Å². The van der Waals surface area contributed by atoms with Gasteiger partial charge in [0.05, 0.1) is 60.9 Å². The van der Waals surface area contributed by atoms with Gasteiger partial charge in [0.1, 0.15) is 0 Å². The summed E-state index contributed by atoms with van der Waals surface area (Å²) in [5.41, 5.74) is 16.9. The Kier molecular flexibility index (Phi) is 9.64. The van der Waals surface area contributed by atoms with Crippen molar-refractivity contribution < 1.29 is 0 Å². The van der Waals surface area contributed by atoms with Gasteiger partial charge in [-0.15, -0.1) is 0 Å². The minimum atomic E-state index is 0.543. The molecule has 0 radical (unpaired) electrons. The summed E-state index contributed by atoms with van der Waals surface area (Å²) in [6, 6.07) is 100. The van der Waals surface area contributed by atoms with Crippen LogP contribution in [0.25, 0.3) is 161 Å². The fraction of sp³-hybridized carbons (Fsp3) is 0. The number of hydrogen-bond acceptors (Lipinski definition) is 3. The number of nitrogens with zero attached hydrogens (tertiary/aromatic N) is 8. The standard InChI is InChI=1S/C75H46N8/c1-4-24-47(25-5-1)73-76-74(78-75(77-73)83-61-39-19-12-32-53(61)54-33-13-20-40-62(54)83)58-45-44-50(46-66(58)82-59-37-17-10-30-51(59)52-31-11-18-38-60(52)82)81-65-43-23-16-36-57(65)69-71-67(55-34-14-21-41-63(55)79(71)48-26-6-2-7-27-48)70-68(72(69)81)56-35-15-22-42-64(56)80(70)49-28-8-3-9-29-49/h1-46H. The Morgan fingerprint density at radius 2 is 0.554 bits per heavy atom. The van der Waals surface area contributed by atoms with Crippen LogP contribution >= 0.6 is 0 Å². The summed E-state index contributed by atoms with van der Waals surface area (Å²) < 4.78 is 12.2. The van der Waals surface area contributed by atoms with Crippen molar-refractivity contribution >= 4 is 109 Å². The summed E-state index contributed by atoms with van der Waals surface area (Å²) in [5.74, 6) is 1.69. The van der Waals surface area contributed by atoms with Gasteiger partial charge in [-0.1, -0.05) is 194 Å². The lowest BCUT2D eigenvalue weighted by molar-refractivity contribution is 0.951. The normalized spacial score (nSPS) is 12.1. The van der Waals surface area contributed by atoms with Gasteiger partial charge in [0.15, 0.2) is 11.6 Å². The number of aromatic nitrogens is 8. The predicted octanol–water partition coefficient (Wildman–Crippen LogP) is 18.7. The second-order valence-corrected chi connectivity index (χ2v) is 21.5. The Morgan fingerprint density at radius 3 is 0.976 bits per heavy atom. The molecule has 0 aliphatic heterocycles. The SMILES string of the molecule is c1ccc(-c2nc(-c3ccc(-n4c5ccccc5c5c6c(c7ccccc7n6-c6ccccc6)c6c(c7ccccc7n6-c6ccccc6)c54)cc3-n3c4ccccc4c4ccccc43)nc(-n3c4ccccc4c4ccccc43)n2)cc1. The average molecular weight is 1060 g/mol. The van der Waals surface area contributed by atoms with E-state index >= 15 is 0 Å². The van der Waals surface area contributed by atoms with Crippen LogP contribution < -0.4 is 0 Å². The van der Waals surface area contributed by atoms with Gasteiger partial charge < -0.3 is 18.3 Å². The van der Waals surface area contributed by atoms with Gasteiger partial charge >= 0.3 is 0 Å². The van der Waals surface area contributed by atoms with E-state index < -0.39 is 0 Å². The van der Waals surface area contributed by atoms with E-state index in [0.29, 0.717) is 17.6 Å². The third kappa shape index (κ3) is 6.48. The highest BCUT2D eigenvalue weighted by Gasteiger charge is 2.30. The van der Waals surface area contributed by atoms with E-state index in [9.17, 15) is 0 Å². The molecule has 18 rings (SSSR count). The molecule has 12 aromatic carbocycles. The molecule has 0 N–H and O–H groups in total. The number of benzene rings is 12. The first-order chi connectivity index (χ1) is 41.2. The fourth-order valence-corrected chi connectivity index (χ4v) is 13.8. The van der Waals surface area contributed by atoms with Crippen LogP contribution in [-0.4, -0.2) is 37.8 Å². The molecule has 0 spiro atoms. The number of rotatable bonds is 7. The van der Waals surface area contributed by atoms with E-state index in [1.807, 2.05) is 18.2 Å². The first kappa shape index (κ1) is 45.5. The molecule has 0 saturated heterocycles.